The molecule has 0 aromatic heterocycles. The van der Waals surface area contributed by atoms with E-state index in [0.29, 0.717) is 11.6 Å². The van der Waals surface area contributed by atoms with Gasteiger partial charge in [-0.3, -0.25) is 0 Å². The highest BCUT2D eigenvalue weighted by Crippen LogP contribution is 2.33. The van der Waals surface area contributed by atoms with Crippen LogP contribution in [0.5, 0.6) is 0 Å². The summed E-state index contributed by atoms with van der Waals surface area (Å²) in [6.45, 7) is 1.51. The normalized spacial score (nSPS) is 12.4. The van der Waals surface area contributed by atoms with Gasteiger partial charge in [-0.25, -0.2) is 12.8 Å². The SMILES string of the molecule is CCS(=O)(=O)c1ccc(-c2ccc(C(F)(F)F)c(F)c2)cc1. The molecule has 0 heterocycles. The Morgan fingerprint density at radius 1 is 0.955 bits per heavy atom. The lowest BCUT2D eigenvalue weighted by Gasteiger charge is -2.10. The highest BCUT2D eigenvalue weighted by Gasteiger charge is 2.33. The second-order valence-corrected chi connectivity index (χ2v) is 6.90. The summed E-state index contributed by atoms with van der Waals surface area (Å²) in [6, 6.07) is 8.17. The topological polar surface area (TPSA) is 34.1 Å². The predicted octanol–water partition coefficient (Wildman–Crippen LogP) is 4.31. The molecule has 2 nitrogen and oxygen atoms in total. The van der Waals surface area contributed by atoms with Crippen LogP contribution in [0.2, 0.25) is 0 Å². The van der Waals surface area contributed by atoms with Crippen molar-refractivity contribution in [3.63, 3.8) is 0 Å². The molecule has 0 unspecified atom stereocenters. The van der Waals surface area contributed by atoms with Crippen LogP contribution in [-0.4, -0.2) is 14.2 Å². The Kier molecular flexibility index (Phi) is 4.28. The predicted molar refractivity (Wildman–Crippen MR) is 74.6 cm³/mol. The third kappa shape index (κ3) is 3.30. The van der Waals surface area contributed by atoms with Crippen LogP contribution in [0, 0.1) is 5.82 Å². The van der Waals surface area contributed by atoms with E-state index < -0.39 is 27.4 Å². The molecule has 0 fully saturated rings. The van der Waals surface area contributed by atoms with E-state index in [0.717, 1.165) is 12.1 Å². The maximum absolute atomic E-state index is 13.5. The van der Waals surface area contributed by atoms with Gasteiger partial charge in [0.15, 0.2) is 9.84 Å². The molecular weight excluding hydrogens is 320 g/mol. The first-order chi connectivity index (χ1) is 10.1. The first-order valence-corrected chi connectivity index (χ1v) is 8.00. The zero-order chi connectivity index (χ0) is 16.5. The van der Waals surface area contributed by atoms with E-state index >= 15 is 0 Å². The molecule has 0 atom stereocenters. The fourth-order valence-corrected chi connectivity index (χ4v) is 2.83. The fourth-order valence-electron chi connectivity index (χ4n) is 1.95. The molecule has 22 heavy (non-hydrogen) atoms. The molecule has 2 rings (SSSR count). The Hall–Kier alpha value is -1.89. The largest absolute Gasteiger partial charge is 0.419 e. The lowest BCUT2D eigenvalue weighted by Crippen LogP contribution is -2.07. The van der Waals surface area contributed by atoms with Gasteiger partial charge in [0, 0.05) is 0 Å². The van der Waals surface area contributed by atoms with Crippen LogP contribution in [0.25, 0.3) is 11.1 Å². The van der Waals surface area contributed by atoms with Crippen molar-refractivity contribution in [2.75, 3.05) is 5.75 Å². The van der Waals surface area contributed by atoms with E-state index in [-0.39, 0.29) is 16.2 Å². The van der Waals surface area contributed by atoms with Crippen molar-refractivity contribution in [1.29, 1.82) is 0 Å². The minimum Gasteiger partial charge on any atom is -0.224 e. The van der Waals surface area contributed by atoms with E-state index in [1.54, 1.807) is 0 Å². The van der Waals surface area contributed by atoms with Gasteiger partial charge in [0.2, 0.25) is 0 Å². The average Bonchev–Trinajstić information content (AvgIpc) is 2.46. The average molecular weight is 332 g/mol. The van der Waals surface area contributed by atoms with E-state index in [1.807, 2.05) is 0 Å². The van der Waals surface area contributed by atoms with E-state index in [2.05, 4.69) is 0 Å². The van der Waals surface area contributed by atoms with Crippen molar-refractivity contribution >= 4 is 9.84 Å². The summed E-state index contributed by atoms with van der Waals surface area (Å²) in [5.74, 6) is -1.42. The Labute approximate surface area is 125 Å². The molecule has 0 aliphatic heterocycles. The van der Waals surface area contributed by atoms with Gasteiger partial charge in [0.05, 0.1) is 16.2 Å². The number of sulfone groups is 1. The van der Waals surface area contributed by atoms with Gasteiger partial charge >= 0.3 is 6.18 Å². The number of rotatable bonds is 3. The van der Waals surface area contributed by atoms with Gasteiger partial charge in [-0.15, -0.1) is 0 Å². The number of alkyl halides is 3. The van der Waals surface area contributed by atoms with Gasteiger partial charge in [-0.1, -0.05) is 25.1 Å². The molecule has 2 aromatic carbocycles. The van der Waals surface area contributed by atoms with Gasteiger partial charge < -0.3 is 0 Å². The summed E-state index contributed by atoms with van der Waals surface area (Å²) in [5, 5.41) is 0. The first kappa shape index (κ1) is 16.5. The van der Waals surface area contributed by atoms with Gasteiger partial charge in [0.1, 0.15) is 5.82 Å². The van der Waals surface area contributed by atoms with Gasteiger partial charge in [-0.05, 0) is 35.4 Å². The quantitative estimate of drug-likeness (QED) is 0.785. The van der Waals surface area contributed by atoms with Crippen LogP contribution in [0.4, 0.5) is 17.6 Å². The van der Waals surface area contributed by atoms with Crippen molar-refractivity contribution in [3.8, 4) is 11.1 Å². The van der Waals surface area contributed by atoms with Crippen LogP contribution in [0.3, 0.4) is 0 Å². The molecule has 7 heteroatoms. The zero-order valence-electron chi connectivity index (χ0n) is 11.5. The lowest BCUT2D eigenvalue weighted by atomic mass is 10.0. The van der Waals surface area contributed by atoms with Gasteiger partial charge in [0.25, 0.3) is 0 Å². The van der Waals surface area contributed by atoms with Crippen LogP contribution < -0.4 is 0 Å². The van der Waals surface area contributed by atoms with Crippen molar-refractivity contribution in [2.45, 2.75) is 18.0 Å². The second kappa shape index (κ2) is 5.72. The maximum Gasteiger partial charge on any atom is 0.419 e. The summed E-state index contributed by atoms with van der Waals surface area (Å²) in [7, 11) is -3.35. The molecule has 0 bridgehead atoms. The fraction of sp³-hybridized carbons (Fsp3) is 0.200. The molecule has 118 valence electrons. The molecule has 0 radical (unpaired) electrons. The Morgan fingerprint density at radius 2 is 1.50 bits per heavy atom. The Bertz CT molecular complexity index is 778. The van der Waals surface area contributed by atoms with Crippen molar-refractivity contribution < 1.29 is 26.0 Å². The number of hydrogen-bond donors (Lipinski definition) is 0. The molecule has 0 aliphatic carbocycles. The molecule has 0 aliphatic rings. The van der Waals surface area contributed by atoms with Crippen molar-refractivity contribution in [3.05, 3.63) is 53.8 Å². The van der Waals surface area contributed by atoms with E-state index in [1.165, 1.54) is 31.2 Å². The third-order valence-corrected chi connectivity index (χ3v) is 4.95. The molecule has 0 N–H and O–H groups in total. The highest BCUT2D eigenvalue weighted by atomic mass is 32.2. The van der Waals surface area contributed by atoms with Crippen molar-refractivity contribution in [1.82, 2.24) is 0 Å². The third-order valence-electron chi connectivity index (χ3n) is 3.20. The molecule has 0 saturated carbocycles. The second-order valence-electron chi connectivity index (χ2n) is 4.62. The first-order valence-electron chi connectivity index (χ1n) is 6.35. The molecule has 2 aromatic rings. The minimum atomic E-state index is -4.75. The number of benzene rings is 2. The molecule has 0 spiro atoms. The van der Waals surface area contributed by atoms with Crippen molar-refractivity contribution in [2.24, 2.45) is 0 Å². The summed E-state index contributed by atoms with van der Waals surface area (Å²) in [6.07, 6.45) is -4.75. The lowest BCUT2D eigenvalue weighted by molar-refractivity contribution is -0.139. The summed E-state index contributed by atoms with van der Waals surface area (Å²) >= 11 is 0. The molecule has 0 saturated heterocycles. The zero-order valence-corrected chi connectivity index (χ0v) is 12.3. The van der Waals surface area contributed by atoms with Crippen LogP contribution in [0.1, 0.15) is 12.5 Å². The standard InChI is InChI=1S/C15H12F4O2S/c1-2-22(20,21)12-6-3-10(4-7-12)11-5-8-13(14(16)9-11)15(17,18)19/h3-9H,2H2,1H3. The maximum atomic E-state index is 13.5. The van der Waals surface area contributed by atoms with Crippen LogP contribution in [-0.2, 0) is 16.0 Å². The van der Waals surface area contributed by atoms with Crippen LogP contribution >= 0.6 is 0 Å². The minimum absolute atomic E-state index is 0.0543. The summed E-state index contributed by atoms with van der Waals surface area (Å²) in [5.41, 5.74) is -0.657. The number of halogens is 4. The highest BCUT2D eigenvalue weighted by molar-refractivity contribution is 7.91. The molecule has 0 amide bonds. The van der Waals surface area contributed by atoms with E-state index in [4.69, 9.17) is 0 Å². The number of hydrogen-bond acceptors (Lipinski definition) is 2. The molecular formula is C15H12F4O2S. The van der Waals surface area contributed by atoms with Gasteiger partial charge in [-0.2, -0.15) is 13.2 Å². The summed E-state index contributed by atoms with van der Waals surface area (Å²) in [4.78, 5) is 0.117. The van der Waals surface area contributed by atoms with Crippen LogP contribution in [0.15, 0.2) is 47.4 Å². The summed E-state index contributed by atoms with van der Waals surface area (Å²) < 4.78 is 74.4. The Morgan fingerprint density at radius 3 is 1.95 bits per heavy atom. The smallest absolute Gasteiger partial charge is 0.224 e. The monoisotopic (exact) mass is 332 g/mol. The van der Waals surface area contributed by atoms with E-state index in [9.17, 15) is 26.0 Å². The Balaban J connectivity index is 2.40.